The number of hydrogen-bond donors (Lipinski definition) is 2. The number of carbonyl (C=O) groups is 1. The molecule has 9 heteroatoms. The van der Waals surface area contributed by atoms with Gasteiger partial charge in [-0.15, -0.1) is 0 Å². The number of halogens is 5. The Hall–Kier alpha value is -1.99. The van der Waals surface area contributed by atoms with Crippen LogP contribution in [0, 0.1) is 0 Å². The Labute approximate surface area is 146 Å². The third-order valence-corrected chi connectivity index (χ3v) is 3.74. The van der Waals surface area contributed by atoms with Crippen LogP contribution in [0.15, 0.2) is 36.5 Å². The molecule has 128 valence electrons. The van der Waals surface area contributed by atoms with Crippen molar-refractivity contribution in [2.75, 3.05) is 18.4 Å². The summed E-state index contributed by atoms with van der Waals surface area (Å²) in [6.45, 7) is 0.181. The average Bonchev–Trinajstić information content (AvgIpc) is 2.53. The molecule has 1 amide bonds. The van der Waals surface area contributed by atoms with Crippen LogP contribution < -0.4 is 10.6 Å². The molecular formula is C15H12Cl2F3N3O. The molecule has 0 aliphatic heterocycles. The van der Waals surface area contributed by atoms with E-state index in [0.29, 0.717) is 10.6 Å². The molecule has 0 bridgehead atoms. The largest absolute Gasteiger partial charge is 0.419 e. The fourth-order valence-electron chi connectivity index (χ4n) is 1.87. The fraction of sp³-hybridized carbons (Fsp3) is 0.200. The molecule has 1 aromatic heterocycles. The van der Waals surface area contributed by atoms with E-state index in [-0.39, 0.29) is 23.9 Å². The average molecular weight is 378 g/mol. The zero-order chi connectivity index (χ0) is 17.7. The second kappa shape index (κ2) is 7.72. The molecule has 0 radical (unpaired) electrons. The summed E-state index contributed by atoms with van der Waals surface area (Å²) < 4.78 is 38.4. The van der Waals surface area contributed by atoms with E-state index in [0.717, 1.165) is 6.07 Å². The predicted octanol–water partition coefficient (Wildman–Crippen LogP) is 4.25. The first-order valence-electron chi connectivity index (χ1n) is 6.78. The molecule has 0 saturated heterocycles. The maximum atomic E-state index is 12.8. The van der Waals surface area contributed by atoms with Crippen LogP contribution in [0.2, 0.25) is 10.0 Å². The molecule has 2 rings (SSSR count). The van der Waals surface area contributed by atoms with E-state index in [2.05, 4.69) is 15.6 Å². The number of hydrogen-bond acceptors (Lipinski definition) is 3. The zero-order valence-electron chi connectivity index (χ0n) is 12.1. The summed E-state index contributed by atoms with van der Waals surface area (Å²) in [7, 11) is 0. The molecule has 0 aliphatic rings. The van der Waals surface area contributed by atoms with Crippen LogP contribution in [0.3, 0.4) is 0 Å². The lowest BCUT2D eigenvalue weighted by Gasteiger charge is -2.13. The third-order valence-electron chi connectivity index (χ3n) is 3.00. The number of aromatic nitrogens is 1. The molecular weight excluding hydrogens is 366 g/mol. The number of pyridine rings is 1. The van der Waals surface area contributed by atoms with Crippen molar-refractivity contribution in [2.45, 2.75) is 6.18 Å². The van der Waals surface area contributed by atoms with Gasteiger partial charge in [0.25, 0.3) is 5.91 Å². The minimum Gasteiger partial charge on any atom is -0.368 e. The zero-order valence-corrected chi connectivity index (χ0v) is 13.6. The van der Waals surface area contributed by atoms with Gasteiger partial charge in [-0.25, -0.2) is 4.98 Å². The molecule has 0 spiro atoms. The van der Waals surface area contributed by atoms with Crippen molar-refractivity contribution in [1.82, 2.24) is 10.3 Å². The minimum absolute atomic E-state index is 0.0765. The van der Waals surface area contributed by atoms with Crippen molar-refractivity contribution >= 4 is 34.9 Å². The van der Waals surface area contributed by atoms with Gasteiger partial charge in [-0.2, -0.15) is 13.2 Å². The number of nitrogens with zero attached hydrogens (tertiary/aromatic N) is 1. The van der Waals surface area contributed by atoms with Crippen LogP contribution in [0.25, 0.3) is 0 Å². The maximum Gasteiger partial charge on any atom is 0.419 e. The van der Waals surface area contributed by atoms with Gasteiger partial charge in [0.05, 0.1) is 15.6 Å². The number of anilines is 1. The summed E-state index contributed by atoms with van der Waals surface area (Å²) in [5.41, 5.74) is -0.556. The summed E-state index contributed by atoms with van der Waals surface area (Å²) in [4.78, 5) is 15.6. The normalized spacial score (nSPS) is 11.2. The van der Waals surface area contributed by atoms with E-state index >= 15 is 0 Å². The lowest BCUT2D eigenvalue weighted by molar-refractivity contribution is -0.137. The SMILES string of the molecule is O=C(NCCNc1ncccc1C(F)(F)F)c1ccc(Cl)c(Cl)c1. The van der Waals surface area contributed by atoms with Gasteiger partial charge < -0.3 is 10.6 Å². The second-order valence-corrected chi connectivity index (χ2v) is 5.52. The summed E-state index contributed by atoms with van der Waals surface area (Å²) in [6, 6.07) is 6.54. The molecule has 0 unspecified atom stereocenters. The minimum atomic E-state index is -4.50. The lowest BCUT2D eigenvalue weighted by atomic mass is 10.2. The van der Waals surface area contributed by atoms with Gasteiger partial charge in [0.15, 0.2) is 0 Å². The molecule has 1 heterocycles. The first-order chi connectivity index (χ1) is 11.3. The van der Waals surface area contributed by atoms with Gasteiger partial charge in [0.2, 0.25) is 0 Å². The van der Waals surface area contributed by atoms with E-state index in [1.807, 2.05) is 0 Å². The number of amides is 1. The molecule has 0 saturated carbocycles. The van der Waals surface area contributed by atoms with Crippen molar-refractivity contribution in [2.24, 2.45) is 0 Å². The van der Waals surface area contributed by atoms with Crippen molar-refractivity contribution in [3.05, 3.63) is 57.7 Å². The highest BCUT2D eigenvalue weighted by molar-refractivity contribution is 6.42. The van der Waals surface area contributed by atoms with Crippen LogP contribution in [0.1, 0.15) is 15.9 Å². The molecule has 2 N–H and O–H groups in total. The topological polar surface area (TPSA) is 54.0 Å². The highest BCUT2D eigenvalue weighted by atomic mass is 35.5. The molecule has 0 fully saturated rings. The molecule has 0 aliphatic carbocycles. The summed E-state index contributed by atoms with van der Waals surface area (Å²) in [5, 5.41) is 5.68. The summed E-state index contributed by atoms with van der Waals surface area (Å²) >= 11 is 11.6. The predicted molar refractivity (Wildman–Crippen MR) is 86.5 cm³/mol. The Morgan fingerprint density at radius 1 is 1.12 bits per heavy atom. The molecule has 4 nitrogen and oxygen atoms in total. The Balaban J connectivity index is 1.89. The smallest absolute Gasteiger partial charge is 0.368 e. The van der Waals surface area contributed by atoms with Gasteiger partial charge in [-0.3, -0.25) is 4.79 Å². The van der Waals surface area contributed by atoms with Crippen LogP contribution >= 0.6 is 23.2 Å². The van der Waals surface area contributed by atoms with Crippen molar-refractivity contribution in [1.29, 1.82) is 0 Å². The second-order valence-electron chi connectivity index (χ2n) is 4.71. The van der Waals surface area contributed by atoms with E-state index in [1.165, 1.54) is 30.5 Å². The van der Waals surface area contributed by atoms with Gasteiger partial charge in [-0.1, -0.05) is 23.2 Å². The van der Waals surface area contributed by atoms with E-state index in [4.69, 9.17) is 23.2 Å². The first-order valence-corrected chi connectivity index (χ1v) is 7.54. The monoisotopic (exact) mass is 377 g/mol. The van der Waals surface area contributed by atoms with Crippen LogP contribution in [0.5, 0.6) is 0 Å². The van der Waals surface area contributed by atoms with Crippen LogP contribution in [0.4, 0.5) is 19.0 Å². The highest BCUT2D eigenvalue weighted by Crippen LogP contribution is 2.33. The Morgan fingerprint density at radius 3 is 2.54 bits per heavy atom. The van der Waals surface area contributed by atoms with Gasteiger partial charge in [0.1, 0.15) is 5.82 Å². The number of carbonyl (C=O) groups excluding carboxylic acids is 1. The van der Waals surface area contributed by atoms with Gasteiger partial charge in [0, 0.05) is 24.8 Å². The summed E-state index contributed by atoms with van der Waals surface area (Å²) in [5.74, 6) is -0.693. The number of nitrogens with one attached hydrogen (secondary N) is 2. The molecule has 2 aromatic rings. The van der Waals surface area contributed by atoms with Crippen molar-refractivity contribution in [3.63, 3.8) is 0 Å². The van der Waals surface area contributed by atoms with Crippen molar-refractivity contribution < 1.29 is 18.0 Å². The molecule has 24 heavy (non-hydrogen) atoms. The Kier molecular flexibility index (Phi) is 5.90. The number of alkyl halides is 3. The Morgan fingerprint density at radius 2 is 1.88 bits per heavy atom. The fourth-order valence-corrected chi connectivity index (χ4v) is 2.17. The number of rotatable bonds is 5. The van der Waals surface area contributed by atoms with Crippen LogP contribution in [-0.4, -0.2) is 24.0 Å². The maximum absolute atomic E-state index is 12.8. The first kappa shape index (κ1) is 18.4. The summed E-state index contributed by atoms with van der Waals surface area (Å²) in [6.07, 6.45) is -3.24. The lowest BCUT2D eigenvalue weighted by Crippen LogP contribution is -2.29. The van der Waals surface area contributed by atoms with Gasteiger partial charge >= 0.3 is 6.18 Å². The van der Waals surface area contributed by atoms with E-state index in [9.17, 15) is 18.0 Å². The third kappa shape index (κ3) is 4.75. The number of benzene rings is 1. The van der Waals surface area contributed by atoms with Crippen molar-refractivity contribution in [3.8, 4) is 0 Å². The molecule has 0 atom stereocenters. The molecule has 1 aromatic carbocycles. The van der Waals surface area contributed by atoms with Gasteiger partial charge in [-0.05, 0) is 30.3 Å². The van der Waals surface area contributed by atoms with E-state index < -0.39 is 17.6 Å². The standard InChI is InChI=1S/C15H12Cl2F3N3O/c16-11-4-3-9(8-12(11)17)14(24)23-7-6-22-13-10(15(18,19)20)2-1-5-21-13/h1-5,8H,6-7H2,(H,21,22)(H,23,24). The van der Waals surface area contributed by atoms with Crippen LogP contribution in [-0.2, 0) is 6.18 Å². The Bertz CT molecular complexity index is 738. The highest BCUT2D eigenvalue weighted by Gasteiger charge is 2.33. The quantitative estimate of drug-likeness (QED) is 0.765. The van der Waals surface area contributed by atoms with E-state index in [1.54, 1.807) is 0 Å².